The molecule has 3 rings (SSSR count). The van der Waals surface area contributed by atoms with E-state index in [-0.39, 0.29) is 5.91 Å². The molecule has 0 saturated carbocycles. The molecule has 0 radical (unpaired) electrons. The third kappa shape index (κ3) is 2.53. The number of hydrogen-bond donors (Lipinski definition) is 3. The first-order valence-corrected chi connectivity index (χ1v) is 6.86. The predicted octanol–water partition coefficient (Wildman–Crippen LogP) is 3.76. The maximum Gasteiger partial charge on any atom is 0.272 e. The molecule has 1 aromatic heterocycles. The van der Waals surface area contributed by atoms with Crippen molar-refractivity contribution < 1.29 is 4.79 Å². The number of aromatic nitrogens is 1. The molecule has 100 valence electrons. The van der Waals surface area contributed by atoms with Gasteiger partial charge in [0.15, 0.2) is 0 Å². The zero-order valence-corrected chi connectivity index (χ0v) is 12.1. The molecule has 0 atom stereocenters. The zero-order chi connectivity index (χ0) is 14.1. The normalized spacial score (nSPS) is 10.7. The van der Waals surface area contributed by atoms with Gasteiger partial charge in [-0.1, -0.05) is 15.9 Å². The number of anilines is 2. The van der Waals surface area contributed by atoms with Crippen LogP contribution in [-0.2, 0) is 0 Å². The van der Waals surface area contributed by atoms with Crippen LogP contribution >= 0.6 is 15.9 Å². The fourth-order valence-corrected chi connectivity index (χ4v) is 2.27. The number of nitrogens with two attached hydrogens (primary N) is 1. The molecule has 1 amide bonds. The number of nitrogens with one attached hydrogen (secondary N) is 2. The minimum atomic E-state index is -0.179. The van der Waals surface area contributed by atoms with Crippen molar-refractivity contribution >= 4 is 44.1 Å². The monoisotopic (exact) mass is 329 g/mol. The van der Waals surface area contributed by atoms with Crippen LogP contribution in [0.15, 0.2) is 53.0 Å². The van der Waals surface area contributed by atoms with Crippen LogP contribution in [0.25, 0.3) is 10.9 Å². The Morgan fingerprint density at radius 2 is 1.85 bits per heavy atom. The summed E-state index contributed by atoms with van der Waals surface area (Å²) in [7, 11) is 0. The highest BCUT2D eigenvalue weighted by Crippen LogP contribution is 2.20. The second-order valence-corrected chi connectivity index (χ2v) is 5.41. The molecule has 0 spiro atoms. The van der Waals surface area contributed by atoms with E-state index in [1.807, 2.05) is 36.4 Å². The lowest BCUT2D eigenvalue weighted by atomic mass is 10.2. The topological polar surface area (TPSA) is 70.9 Å². The molecule has 0 fully saturated rings. The fraction of sp³-hybridized carbons (Fsp3) is 0. The molecule has 0 saturated heterocycles. The number of carbonyl (C=O) groups is 1. The number of carbonyl (C=O) groups excluding carboxylic acids is 1. The van der Waals surface area contributed by atoms with Crippen LogP contribution in [0.4, 0.5) is 11.4 Å². The van der Waals surface area contributed by atoms with Crippen LogP contribution in [0.1, 0.15) is 10.5 Å². The summed E-state index contributed by atoms with van der Waals surface area (Å²) < 4.78 is 0.969. The van der Waals surface area contributed by atoms with Gasteiger partial charge in [0.2, 0.25) is 0 Å². The van der Waals surface area contributed by atoms with E-state index in [4.69, 9.17) is 5.73 Å². The number of aromatic amines is 1. The van der Waals surface area contributed by atoms with Crippen molar-refractivity contribution in [2.75, 3.05) is 11.1 Å². The fourth-order valence-electron chi connectivity index (χ4n) is 2.01. The largest absolute Gasteiger partial charge is 0.399 e. The summed E-state index contributed by atoms with van der Waals surface area (Å²) in [4.78, 5) is 15.2. The molecule has 0 unspecified atom stereocenters. The van der Waals surface area contributed by atoms with E-state index in [1.165, 1.54) is 0 Å². The van der Waals surface area contributed by atoms with Gasteiger partial charge in [-0.25, -0.2) is 0 Å². The molecule has 0 aliphatic heterocycles. The first kappa shape index (κ1) is 12.7. The molecule has 0 aliphatic carbocycles. The molecule has 1 heterocycles. The quantitative estimate of drug-likeness (QED) is 0.626. The number of hydrogen-bond acceptors (Lipinski definition) is 2. The number of halogens is 1. The lowest BCUT2D eigenvalue weighted by Crippen LogP contribution is -2.11. The Hall–Kier alpha value is -2.27. The van der Waals surface area contributed by atoms with Crippen LogP contribution in [0.3, 0.4) is 0 Å². The van der Waals surface area contributed by atoms with E-state index < -0.39 is 0 Å². The Kier molecular flexibility index (Phi) is 3.20. The number of rotatable bonds is 2. The molecule has 4 N–H and O–H groups in total. The van der Waals surface area contributed by atoms with Gasteiger partial charge in [0.1, 0.15) is 5.69 Å². The molecule has 3 aromatic rings. The number of benzene rings is 2. The molecular weight excluding hydrogens is 318 g/mol. The third-order valence-corrected chi connectivity index (χ3v) is 3.52. The van der Waals surface area contributed by atoms with Crippen molar-refractivity contribution in [3.63, 3.8) is 0 Å². The van der Waals surface area contributed by atoms with Gasteiger partial charge < -0.3 is 16.0 Å². The SMILES string of the molecule is Nc1ccc2[nH]c(C(=O)Nc3ccc(Br)cc3)cc2c1. The highest BCUT2D eigenvalue weighted by Gasteiger charge is 2.09. The van der Waals surface area contributed by atoms with Crippen LogP contribution < -0.4 is 11.1 Å². The summed E-state index contributed by atoms with van der Waals surface area (Å²) in [6.45, 7) is 0. The summed E-state index contributed by atoms with van der Waals surface area (Å²) in [5.74, 6) is -0.179. The van der Waals surface area contributed by atoms with Gasteiger partial charge in [-0.3, -0.25) is 4.79 Å². The smallest absolute Gasteiger partial charge is 0.272 e. The molecule has 2 aromatic carbocycles. The Labute approximate surface area is 124 Å². The van der Waals surface area contributed by atoms with Gasteiger partial charge in [0.05, 0.1) is 0 Å². The molecule has 5 heteroatoms. The van der Waals surface area contributed by atoms with Crippen LogP contribution in [0, 0.1) is 0 Å². The molecular formula is C15H12BrN3O. The van der Waals surface area contributed by atoms with Crippen molar-refractivity contribution in [3.8, 4) is 0 Å². The maximum absolute atomic E-state index is 12.2. The number of fused-ring (bicyclic) bond motifs is 1. The number of amides is 1. The van der Waals surface area contributed by atoms with Crippen LogP contribution in [0.2, 0.25) is 0 Å². The standard InChI is InChI=1S/C15H12BrN3O/c16-10-1-4-12(5-2-10)18-15(20)14-8-9-7-11(17)3-6-13(9)19-14/h1-8,19H,17H2,(H,18,20). The molecule has 20 heavy (non-hydrogen) atoms. The Bertz CT molecular complexity index is 777. The molecule has 0 aliphatic rings. The first-order valence-electron chi connectivity index (χ1n) is 6.07. The number of H-pyrrole nitrogens is 1. The minimum absolute atomic E-state index is 0.179. The summed E-state index contributed by atoms with van der Waals surface area (Å²) in [6, 6.07) is 14.7. The van der Waals surface area contributed by atoms with Gasteiger partial charge in [0, 0.05) is 26.8 Å². The van der Waals surface area contributed by atoms with Gasteiger partial charge in [0.25, 0.3) is 5.91 Å². The second-order valence-electron chi connectivity index (χ2n) is 4.49. The average molecular weight is 330 g/mol. The lowest BCUT2D eigenvalue weighted by Gasteiger charge is -2.03. The van der Waals surface area contributed by atoms with E-state index in [0.717, 1.165) is 21.1 Å². The van der Waals surface area contributed by atoms with E-state index in [9.17, 15) is 4.79 Å². The predicted molar refractivity (Wildman–Crippen MR) is 84.8 cm³/mol. The van der Waals surface area contributed by atoms with Gasteiger partial charge >= 0.3 is 0 Å². The highest BCUT2D eigenvalue weighted by atomic mass is 79.9. The van der Waals surface area contributed by atoms with Crippen LogP contribution in [0.5, 0.6) is 0 Å². The van der Waals surface area contributed by atoms with Crippen molar-refractivity contribution in [2.45, 2.75) is 0 Å². The molecule has 0 bridgehead atoms. The van der Waals surface area contributed by atoms with Crippen molar-refractivity contribution in [1.82, 2.24) is 4.98 Å². The third-order valence-electron chi connectivity index (χ3n) is 2.99. The summed E-state index contributed by atoms with van der Waals surface area (Å²) in [5, 5.41) is 3.76. The average Bonchev–Trinajstić information content (AvgIpc) is 2.84. The Morgan fingerprint density at radius 3 is 2.60 bits per heavy atom. The lowest BCUT2D eigenvalue weighted by molar-refractivity contribution is 0.102. The van der Waals surface area contributed by atoms with Crippen LogP contribution in [-0.4, -0.2) is 10.9 Å². The summed E-state index contributed by atoms with van der Waals surface area (Å²) in [6.07, 6.45) is 0. The van der Waals surface area contributed by atoms with Gasteiger partial charge in [-0.05, 0) is 48.5 Å². The second kappa shape index (κ2) is 5.02. The van der Waals surface area contributed by atoms with Gasteiger partial charge in [-0.15, -0.1) is 0 Å². The summed E-state index contributed by atoms with van der Waals surface area (Å²) >= 11 is 3.36. The van der Waals surface area contributed by atoms with Crippen molar-refractivity contribution in [3.05, 3.63) is 58.7 Å². The minimum Gasteiger partial charge on any atom is -0.399 e. The van der Waals surface area contributed by atoms with E-state index in [2.05, 4.69) is 26.2 Å². The zero-order valence-electron chi connectivity index (χ0n) is 10.5. The Balaban J connectivity index is 1.86. The van der Waals surface area contributed by atoms with E-state index in [1.54, 1.807) is 12.1 Å². The van der Waals surface area contributed by atoms with E-state index >= 15 is 0 Å². The van der Waals surface area contributed by atoms with Crippen molar-refractivity contribution in [1.29, 1.82) is 0 Å². The van der Waals surface area contributed by atoms with Gasteiger partial charge in [-0.2, -0.15) is 0 Å². The maximum atomic E-state index is 12.2. The number of nitrogen functional groups attached to an aromatic ring is 1. The van der Waals surface area contributed by atoms with Crippen molar-refractivity contribution in [2.24, 2.45) is 0 Å². The molecule has 4 nitrogen and oxygen atoms in total. The Morgan fingerprint density at radius 1 is 1.10 bits per heavy atom. The summed E-state index contributed by atoms with van der Waals surface area (Å²) in [5.41, 5.74) is 8.55. The first-order chi connectivity index (χ1) is 9.61. The highest BCUT2D eigenvalue weighted by molar-refractivity contribution is 9.10. The van der Waals surface area contributed by atoms with E-state index in [0.29, 0.717) is 11.4 Å².